The lowest BCUT2D eigenvalue weighted by atomic mass is 9.94. The lowest BCUT2D eigenvalue weighted by Crippen LogP contribution is -2.37. The van der Waals surface area contributed by atoms with Gasteiger partial charge in [0.05, 0.1) is 0 Å². The Bertz CT molecular complexity index is 862. The van der Waals surface area contributed by atoms with Crippen molar-refractivity contribution in [3.05, 3.63) is 72.4 Å². The maximum atomic E-state index is 5.86. The highest BCUT2D eigenvalue weighted by molar-refractivity contribution is 5.28. The summed E-state index contributed by atoms with van der Waals surface area (Å²) in [4.78, 5) is 11.7. The third-order valence-corrected chi connectivity index (χ3v) is 5.17. The van der Waals surface area contributed by atoms with E-state index in [1.165, 1.54) is 18.5 Å². The fourth-order valence-corrected chi connectivity index (χ4v) is 3.73. The van der Waals surface area contributed by atoms with Crippen LogP contribution in [0.2, 0.25) is 0 Å². The zero-order chi connectivity index (χ0) is 18.5. The lowest BCUT2D eigenvalue weighted by molar-refractivity contribution is 0.169. The van der Waals surface area contributed by atoms with Gasteiger partial charge in [-0.05, 0) is 50.6 Å². The summed E-state index contributed by atoms with van der Waals surface area (Å²) >= 11 is 0. The van der Waals surface area contributed by atoms with Crippen LogP contribution in [0.4, 0.5) is 0 Å². The Balaban J connectivity index is 1.37. The summed E-state index contributed by atoms with van der Waals surface area (Å²) in [7, 11) is 0. The first kappa shape index (κ1) is 17.7. The van der Waals surface area contributed by atoms with Crippen molar-refractivity contribution in [1.82, 2.24) is 19.4 Å². The maximum Gasteiger partial charge on any atom is 0.138 e. The molecule has 2 aromatic heterocycles. The van der Waals surface area contributed by atoms with Crippen LogP contribution in [0.3, 0.4) is 0 Å². The zero-order valence-electron chi connectivity index (χ0n) is 15.8. The van der Waals surface area contributed by atoms with E-state index < -0.39 is 0 Å². The Labute approximate surface area is 160 Å². The van der Waals surface area contributed by atoms with Gasteiger partial charge in [-0.1, -0.05) is 24.3 Å². The van der Waals surface area contributed by atoms with Gasteiger partial charge in [-0.25, -0.2) is 9.97 Å². The van der Waals surface area contributed by atoms with Crippen LogP contribution in [0.25, 0.3) is 5.82 Å². The summed E-state index contributed by atoms with van der Waals surface area (Å²) in [5, 5.41) is 0. The number of rotatable bonds is 6. The molecule has 0 amide bonds. The van der Waals surface area contributed by atoms with Crippen LogP contribution in [-0.4, -0.2) is 45.7 Å². The maximum absolute atomic E-state index is 5.86. The molecule has 0 N–H and O–H groups in total. The molecule has 0 spiro atoms. The Morgan fingerprint density at radius 2 is 2.00 bits per heavy atom. The van der Waals surface area contributed by atoms with E-state index in [4.69, 9.17) is 9.72 Å². The number of pyridine rings is 1. The Kier molecular flexibility index (Phi) is 5.49. The van der Waals surface area contributed by atoms with E-state index in [1.54, 1.807) is 0 Å². The SMILES string of the molecule is Cc1nccn1-c1cccc([C@@H]2CCCN(CCOc3ccccc3)C2)n1. The first-order valence-corrected chi connectivity index (χ1v) is 9.67. The molecule has 0 aliphatic carbocycles. The first-order valence-electron chi connectivity index (χ1n) is 9.67. The number of aryl methyl sites for hydroxylation is 1. The molecule has 1 fully saturated rings. The molecule has 5 heteroatoms. The van der Waals surface area contributed by atoms with Gasteiger partial charge in [0, 0.05) is 37.1 Å². The minimum atomic E-state index is 0.472. The second kappa shape index (κ2) is 8.35. The van der Waals surface area contributed by atoms with Crippen molar-refractivity contribution >= 4 is 0 Å². The summed E-state index contributed by atoms with van der Waals surface area (Å²) in [6.45, 7) is 5.85. The van der Waals surface area contributed by atoms with Crippen LogP contribution in [0.1, 0.15) is 30.3 Å². The second-order valence-corrected chi connectivity index (χ2v) is 7.07. The standard InChI is InChI=1S/C22H26N4O/c1-18-23-12-14-26(18)22-11-5-10-21(24-22)19-7-6-13-25(17-19)15-16-27-20-8-3-2-4-9-20/h2-5,8-12,14,19H,6-7,13,15-17H2,1H3/t19-/m1/s1. The van der Waals surface area contributed by atoms with E-state index >= 15 is 0 Å². The quantitative estimate of drug-likeness (QED) is 0.668. The molecule has 27 heavy (non-hydrogen) atoms. The van der Waals surface area contributed by atoms with Crippen molar-refractivity contribution in [2.45, 2.75) is 25.7 Å². The van der Waals surface area contributed by atoms with Gasteiger partial charge in [-0.2, -0.15) is 0 Å². The predicted octanol–water partition coefficient (Wildman–Crippen LogP) is 3.83. The number of para-hydroxylation sites is 1. The van der Waals surface area contributed by atoms with Crippen molar-refractivity contribution in [1.29, 1.82) is 0 Å². The normalized spacial score (nSPS) is 17.7. The van der Waals surface area contributed by atoms with Crippen molar-refractivity contribution in [2.75, 3.05) is 26.2 Å². The van der Waals surface area contributed by atoms with Crippen LogP contribution < -0.4 is 4.74 Å². The van der Waals surface area contributed by atoms with E-state index in [0.717, 1.165) is 43.6 Å². The smallest absolute Gasteiger partial charge is 0.138 e. The highest BCUT2D eigenvalue weighted by atomic mass is 16.5. The highest BCUT2D eigenvalue weighted by Crippen LogP contribution is 2.26. The molecule has 1 aromatic carbocycles. The van der Waals surface area contributed by atoms with Crippen molar-refractivity contribution in [3.8, 4) is 11.6 Å². The highest BCUT2D eigenvalue weighted by Gasteiger charge is 2.22. The molecule has 5 nitrogen and oxygen atoms in total. The van der Waals surface area contributed by atoms with E-state index in [1.807, 2.05) is 60.3 Å². The van der Waals surface area contributed by atoms with E-state index in [0.29, 0.717) is 5.92 Å². The summed E-state index contributed by atoms with van der Waals surface area (Å²) in [5.74, 6) is 3.32. The molecule has 1 aliphatic heterocycles. The van der Waals surface area contributed by atoms with Crippen LogP contribution >= 0.6 is 0 Å². The van der Waals surface area contributed by atoms with Crippen LogP contribution in [0.5, 0.6) is 5.75 Å². The van der Waals surface area contributed by atoms with Gasteiger partial charge in [0.15, 0.2) is 0 Å². The summed E-state index contributed by atoms with van der Waals surface area (Å²) in [6.07, 6.45) is 6.18. The molecular weight excluding hydrogens is 336 g/mol. The molecule has 0 radical (unpaired) electrons. The number of nitrogens with zero attached hydrogens (tertiary/aromatic N) is 4. The number of likely N-dealkylation sites (tertiary alicyclic amines) is 1. The molecule has 0 saturated carbocycles. The topological polar surface area (TPSA) is 43.2 Å². The number of hydrogen-bond acceptors (Lipinski definition) is 4. The average Bonchev–Trinajstić information content (AvgIpc) is 3.15. The van der Waals surface area contributed by atoms with E-state index in [9.17, 15) is 0 Å². The van der Waals surface area contributed by atoms with Gasteiger partial charge in [-0.15, -0.1) is 0 Å². The molecule has 140 valence electrons. The average molecular weight is 362 g/mol. The Morgan fingerprint density at radius 3 is 2.81 bits per heavy atom. The minimum Gasteiger partial charge on any atom is -0.492 e. The van der Waals surface area contributed by atoms with Crippen molar-refractivity contribution in [2.24, 2.45) is 0 Å². The van der Waals surface area contributed by atoms with Gasteiger partial charge < -0.3 is 4.74 Å². The lowest BCUT2D eigenvalue weighted by Gasteiger charge is -2.32. The number of aromatic nitrogens is 3. The number of ether oxygens (including phenoxy) is 1. The summed E-state index contributed by atoms with van der Waals surface area (Å²) < 4.78 is 7.90. The van der Waals surface area contributed by atoms with Crippen LogP contribution in [-0.2, 0) is 0 Å². The fraction of sp³-hybridized carbons (Fsp3) is 0.364. The molecule has 4 rings (SSSR count). The van der Waals surface area contributed by atoms with Crippen LogP contribution in [0.15, 0.2) is 60.9 Å². The molecule has 1 atom stereocenters. The molecule has 1 aliphatic rings. The number of piperidine rings is 1. The van der Waals surface area contributed by atoms with Crippen molar-refractivity contribution in [3.63, 3.8) is 0 Å². The van der Waals surface area contributed by atoms with Gasteiger partial charge in [-0.3, -0.25) is 9.47 Å². The fourth-order valence-electron chi connectivity index (χ4n) is 3.73. The third kappa shape index (κ3) is 4.37. The molecule has 3 heterocycles. The minimum absolute atomic E-state index is 0.472. The van der Waals surface area contributed by atoms with Gasteiger partial charge in [0.1, 0.15) is 24.0 Å². The zero-order valence-corrected chi connectivity index (χ0v) is 15.8. The number of benzene rings is 1. The van der Waals surface area contributed by atoms with E-state index in [2.05, 4.69) is 22.0 Å². The number of imidazole rings is 1. The summed E-state index contributed by atoms with van der Waals surface area (Å²) in [5.41, 5.74) is 1.18. The first-order chi connectivity index (χ1) is 13.3. The van der Waals surface area contributed by atoms with Gasteiger partial charge >= 0.3 is 0 Å². The molecule has 0 unspecified atom stereocenters. The molecular formula is C22H26N4O. The monoisotopic (exact) mass is 362 g/mol. The van der Waals surface area contributed by atoms with Crippen molar-refractivity contribution < 1.29 is 4.74 Å². The Hall–Kier alpha value is -2.66. The second-order valence-electron chi connectivity index (χ2n) is 7.07. The molecule has 1 saturated heterocycles. The Morgan fingerprint density at radius 1 is 1.11 bits per heavy atom. The third-order valence-electron chi connectivity index (χ3n) is 5.17. The van der Waals surface area contributed by atoms with E-state index in [-0.39, 0.29) is 0 Å². The number of hydrogen-bond donors (Lipinski definition) is 0. The van der Waals surface area contributed by atoms with Crippen LogP contribution in [0, 0.1) is 6.92 Å². The summed E-state index contributed by atoms with van der Waals surface area (Å²) in [6, 6.07) is 16.3. The molecule has 0 bridgehead atoms. The largest absolute Gasteiger partial charge is 0.492 e. The van der Waals surface area contributed by atoms with Gasteiger partial charge in [0.2, 0.25) is 0 Å². The molecule has 3 aromatic rings. The van der Waals surface area contributed by atoms with Gasteiger partial charge in [0.25, 0.3) is 0 Å². The predicted molar refractivity (Wildman–Crippen MR) is 106 cm³/mol.